The third kappa shape index (κ3) is 3.69. The Hall–Kier alpha value is -1.80. The number of sulfonamides is 1. The van der Waals surface area contributed by atoms with Gasteiger partial charge in [-0.25, -0.2) is 12.8 Å². The lowest BCUT2D eigenvalue weighted by Crippen LogP contribution is -2.15. The van der Waals surface area contributed by atoms with Gasteiger partial charge >= 0.3 is 6.18 Å². The molecule has 1 N–H and O–H groups in total. The Morgan fingerprint density at radius 1 is 1.05 bits per heavy atom. The average Bonchev–Trinajstić information content (AvgIpc) is 2.36. The predicted octanol–water partition coefficient (Wildman–Crippen LogP) is 4.30. The first-order valence-corrected chi connectivity index (χ1v) is 7.61. The van der Waals surface area contributed by atoms with Crippen molar-refractivity contribution >= 4 is 27.3 Å². The summed E-state index contributed by atoms with van der Waals surface area (Å²) in [5, 5.41) is 0.246. The molecule has 0 heterocycles. The summed E-state index contributed by atoms with van der Waals surface area (Å²) in [6, 6.07) is 7.06. The summed E-state index contributed by atoms with van der Waals surface area (Å²) in [5.74, 6) is -1.55. The normalized spacial score (nSPS) is 12.2. The molecule has 0 bridgehead atoms. The van der Waals surface area contributed by atoms with E-state index in [2.05, 4.69) is 4.72 Å². The molecule has 22 heavy (non-hydrogen) atoms. The third-order valence-corrected chi connectivity index (χ3v) is 4.24. The fraction of sp³-hybridized carbons (Fsp3) is 0.0769. The minimum atomic E-state index is -4.99. The molecule has 0 aliphatic heterocycles. The molecular weight excluding hydrogens is 346 g/mol. The van der Waals surface area contributed by atoms with E-state index in [0.717, 1.165) is 6.07 Å². The van der Waals surface area contributed by atoms with Crippen LogP contribution in [0.25, 0.3) is 0 Å². The lowest BCUT2D eigenvalue weighted by atomic mass is 10.2. The van der Waals surface area contributed by atoms with Crippen molar-refractivity contribution in [1.82, 2.24) is 0 Å². The van der Waals surface area contributed by atoms with Crippen molar-refractivity contribution in [3.63, 3.8) is 0 Å². The van der Waals surface area contributed by atoms with E-state index in [1.807, 2.05) is 0 Å². The molecule has 0 spiro atoms. The standard InChI is InChI=1S/C13H8ClF4NO2S/c14-8-2-1-3-9(6-8)19-22(20,21)10-4-5-12(15)11(7-10)13(16,17)18/h1-7,19H. The van der Waals surface area contributed by atoms with Crippen LogP contribution in [0, 0.1) is 5.82 Å². The van der Waals surface area contributed by atoms with Gasteiger partial charge in [0, 0.05) is 5.02 Å². The molecule has 0 saturated heterocycles. The fourth-order valence-electron chi connectivity index (χ4n) is 1.65. The SMILES string of the molecule is O=S(=O)(Nc1cccc(Cl)c1)c1ccc(F)c(C(F)(F)F)c1. The lowest BCUT2D eigenvalue weighted by molar-refractivity contribution is -0.140. The molecule has 0 saturated carbocycles. The molecule has 0 aromatic heterocycles. The summed E-state index contributed by atoms with van der Waals surface area (Å²) in [5.41, 5.74) is -1.58. The molecule has 9 heteroatoms. The van der Waals surface area contributed by atoms with Crippen molar-refractivity contribution in [2.24, 2.45) is 0 Å². The zero-order chi connectivity index (χ0) is 16.5. The highest BCUT2D eigenvalue weighted by molar-refractivity contribution is 7.92. The van der Waals surface area contributed by atoms with Crippen molar-refractivity contribution in [2.45, 2.75) is 11.1 Å². The molecule has 2 aromatic rings. The van der Waals surface area contributed by atoms with Gasteiger partial charge in [0.25, 0.3) is 10.0 Å². The molecule has 0 aliphatic carbocycles. The molecule has 0 aliphatic rings. The van der Waals surface area contributed by atoms with Crippen molar-refractivity contribution in [3.8, 4) is 0 Å². The quantitative estimate of drug-likeness (QED) is 0.836. The minimum absolute atomic E-state index is 0.0744. The van der Waals surface area contributed by atoms with Gasteiger partial charge in [-0.3, -0.25) is 4.72 Å². The van der Waals surface area contributed by atoms with Gasteiger partial charge in [0.1, 0.15) is 5.82 Å². The molecule has 0 fully saturated rings. The van der Waals surface area contributed by atoms with Gasteiger partial charge in [0.05, 0.1) is 16.1 Å². The van der Waals surface area contributed by atoms with Crippen LogP contribution >= 0.6 is 11.6 Å². The number of rotatable bonds is 3. The first-order chi connectivity index (χ1) is 10.1. The van der Waals surface area contributed by atoms with Crippen LogP contribution in [-0.4, -0.2) is 8.42 Å². The Kier molecular flexibility index (Phi) is 4.35. The Bertz CT molecular complexity index is 806. The van der Waals surface area contributed by atoms with Crippen molar-refractivity contribution in [2.75, 3.05) is 4.72 Å². The van der Waals surface area contributed by atoms with Crippen LogP contribution in [0.15, 0.2) is 47.4 Å². The van der Waals surface area contributed by atoms with Gasteiger partial charge < -0.3 is 0 Å². The molecule has 118 valence electrons. The van der Waals surface area contributed by atoms with E-state index in [1.54, 1.807) is 0 Å². The Labute approximate surface area is 128 Å². The second kappa shape index (κ2) is 5.77. The maximum absolute atomic E-state index is 13.2. The molecular formula is C13H8ClF4NO2S. The van der Waals surface area contributed by atoms with Gasteiger partial charge in [-0.05, 0) is 36.4 Å². The molecule has 0 atom stereocenters. The topological polar surface area (TPSA) is 46.2 Å². The van der Waals surface area contributed by atoms with Crippen LogP contribution in [0.4, 0.5) is 23.2 Å². The summed E-state index contributed by atoms with van der Waals surface area (Å²) in [7, 11) is -4.30. The second-order valence-electron chi connectivity index (χ2n) is 4.26. The highest BCUT2D eigenvalue weighted by atomic mass is 35.5. The highest BCUT2D eigenvalue weighted by Gasteiger charge is 2.35. The maximum Gasteiger partial charge on any atom is 0.419 e. The summed E-state index contributed by atoms with van der Waals surface area (Å²) >= 11 is 5.69. The van der Waals surface area contributed by atoms with Crippen LogP contribution < -0.4 is 4.72 Å². The van der Waals surface area contributed by atoms with E-state index in [0.29, 0.717) is 6.07 Å². The maximum atomic E-state index is 13.2. The summed E-state index contributed by atoms with van der Waals surface area (Å²) in [6.07, 6.45) is -4.99. The van der Waals surface area contributed by atoms with Crippen LogP contribution in [0.3, 0.4) is 0 Å². The fourth-order valence-corrected chi connectivity index (χ4v) is 2.92. The number of hydrogen-bond donors (Lipinski definition) is 1. The Morgan fingerprint density at radius 3 is 2.32 bits per heavy atom. The number of halogens is 5. The Balaban J connectivity index is 2.42. The average molecular weight is 354 g/mol. The van der Waals surface area contributed by atoms with Crippen molar-refractivity contribution in [1.29, 1.82) is 0 Å². The van der Waals surface area contributed by atoms with E-state index < -0.39 is 32.5 Å². The van der Waals surface area contributed by atoms with Crippen LogP contribution in [0.5, 0.6) is 0 Å². The summed E-state index contributed by atoms with van der Waals surface area (Å²) in [4.78, 5) is -0.707. The van der Waals surface area contributed by atoms with Gasteiger partial charge in [-0.1, -0.05) is 17.7 Å². The largest absolute Gasteiger partial charge is 0.419 e. The van der Waals surface area contributed by atoms with E-state index >= 15 is 0 Å². The second-order valence-corrected chi connectivity index (χ2v) is 6.37. The van der Waals surface area contributed by atoms with E-state index in [-0.39, 0.29) is 16.8 Å². The molecule has 2 rings (SSSR count). The minimum Gasteiger partial charge on any atom is -0.280 e. The van der Waals surface area contributed by atoms with Crippen LogP contribution in [-0.2, 0) is 16.2 Å². The lowest BCUT2D eigenvalue weighted by Gasteiger charge is -2.12. The van der Waals surface area contributed by atoms with Crippen molar-refractivity contribution < 1.29 is 26.0 Å². The zero-order valence-corrected chi connectivity index (χ0v) is 12.2. The Morgan fingerprint density at radius 2 is 1.73 bits per heavy atom. The number of benzene rings is 2. The van der Waals surface area contributed by atoms with Gasteiger partial charge in [0.2, 0.25) is 0 Å². The molecule has 3 nitrogen and oxygen atoms in total. The molecule has 0 unspecified atom stereocenters. The van der Waals surface area contributed by atoms with Crippen LogP contribution in [0.2, 0.25) is 5.02 Å². The van der Waals surface area contributed by atoms with Crippen LogP contribution in [0.1, 0.15) is 5.56 Å². The van der Waals surface area contributed by atoms with Gasteiger partial charge in [0.15, 0.2) is 0 Å². The molecule has 0 radical (unpaired) electrons. The smallest absolute Gasteiger partial charge is 0.280 e. The summed E-state index contributed by atoms with van der Waals surface area (Å²) in [6.45, 7) is 0. The first-order valence-electron chi connectivity index (χ1n) is 5.75. The highest BCUT2D eigenvalue weighted by Crippen LogP contribution is 2.33. The number of nitrogens with one attached hydrogen (secondary N) is 1. The summed E-state index contributed by atoms with van der Waals surface area (Å²) < 4.78 is 77.2. The monoisotopic (exact) mass is 353 g/mol. The molecule has 2 aromatic carbocycles. The van der Waals surface area contributed by atoms with E-state index in [9.17, 15) is 26.0 Å². The number of hydrogen-bond acceptors (Lipinski definition) is 2. The first kappa shape index (κ1) is 16.6. The molecule has 0 amide bonds. The predicted molar refractivity (Wildman–Crippen MR) is 73.7 cm³/mol. The number of alkyl halides is 3. The van der Waals surface area contributed by atoms with Gasteiger partial charge in [-0.15, -0.1) is 0 Å². The van der Waals surface area contributed by atoms with Crippen molar-refractivity contribution in [3.05, 3.63) is 58.9 Å². The van der Waals surface area contributed by atoms with E-state index in [4.69, 9.17) is 11.6 Å². The van der Waals surface area contributed by atoms with Gasteiger partial charge in [-0.2, -0.15) is 13.2 Å². The zero-order valence-electron chi connectivity index (χ0n) is 10.7. The third-order valence-electron chi connectivity index (χ3n) is 2.63. The number of anilines is 1. The van der Waals surface area contributed by atoms with E-state index in [1.165, 1.54) is 24.3 Å².